The minimum Gasteiger partial charge on any atom is -0.467 e. The number of aromatic nitrogens is 1. The summed E-state index contributed by atoms with van der Waals surface area (Å²) >= 11 is 0. The van der Waals surface area contributed by atoms with E-state index >= 15 is 0 Å². The van der Waals surface area contributed by atoms with Crippen LogP contribution in [0, 0.1) is 6.92 Å². The van der Waals surface area contributed by atoms with Crippen molar-refractivity contribution in [1.82, 2.24) is 4.98 Å². The maximum atomic E-state index is 5.61. The molecule has 2 N–H and O–H groups in total. The summed E-state index contributed by atoms with van der Waals surface area (Å²) in [5.41, 5.74) is 8.03. The molecule has 0 saturated heterocycles. The molecule has 106 valence electrons. The quantitative estimate of drug-likeness (QED) is 0.877. The largest absolute Gasteiger partial charge is 0.467 e. The number of hydrogen-bond donors (Lipinski definition) is 1. The fourth-order valence-corrected chi connectivity index (χ4v) is 2.56. The third-order valence-electron chi connectivity index (χ3n) is 3.71. The van der Waals surface area contributed by atoms with Crippen LogP contribution in [0.1, 0.15) is 29.7 Å². The average molecular weight is 271 g/mol. The van der Waals surface area contributed by atoms with Crippen molar-refractivity contribution in [2.24, 2.45) is 5.73 Å². The lowest BCUT2D eigenvalue weighted by Gasteiger charge is -2.24. The molecule has 2 aromatic rings. The average Bonchev–Trinajstić information content (AvgIpc) is 3.15. The number of aryl methyl sites for hydroxylation is 1. The van der Waals surface area contributed by atoms with E-state index in [0.29, 0.717) is 12.6 Å². The molecule has 0 atom stereocenters. The van der Waals surface area contributed by atoms with Crippen LogP contribution >= 0.6 is 0 Å². The van der Waals surface area contributed by atoms with E-state index in [4.69, 9.17) is 10.2 Å². The molecule has 1 saturated carbocycles. The van der Waals surface area contributed by atoms with E-state index in [1.165, 1.54) is 24.0 Å². The lowest BCUT2D eigenvalue weighted by atomic mass is 10.1. The zero-order chi connectivity index (χ0) is 13.9. The van der Waals surface area contributed by atoms with Gasteiger partial charge in [0.1, 0.15) is 11.6 Å². The smallest absolute Gasteiger partial charge is 0.132 e. The van der Waals surface area contributed by atoms with E-state index in [1.54, 1.807) is 6.26 Å². The van der Waals surface area contributed by atoms with Crippen molar-refractivity contribution in [3.05, 3.63) is 47.5 Å². The van der Waals surface area contributed by atoms with Gasteiger partial charge in [0.05, 0.1) is 12.8 Å². The lowest BCUT2D eigenvalue weighted by molar-refractivity contribution is 0.500. The molecule has 0 amide bonds. The van der Waals surface area contributed by atoms with Crippen LogP contribution in [0.2, 0.25) is 0 Å². The Kier molecular flexibility index (Phi) is 3.74. The third kappa shape index (κ3) is 2.85. The molecular formula is C16H21N3O. The monoisotopic (exact) mass is 271 g/mol. The molecule has 0 radical (unpaired) electrons. The van der Waals surface area contributed by atoms with E-state index in [0.717, 1.165) is 24.5 Å². The van der Waals surface area contributed by atoms with Crippen LogP contribution in [0.5, 0.6) is 0 Å². The van der Waals surface area contributed by atoms with Gasteiger partial charge in [-0.3, -0.25) is 0 Å². The second-order valence-corrected chi connectivity index (χ2v) is 5.46. The fraction of sp³-hybridized carbons (Fsp3) is 0.438. The van der Waals surface area contributed by atoms with E-state index in [2.05, 4.69) is 22.9 Å². The Morgan fingerprint density at radius 1 is 1.45 bits per heavy atom. The van der Waals surface area contributed by atoms with E-state index in [-0.39, 0.29) is 0 Å². The number of nitrogens with zero attached hydrogens (tertiary/aromatic N) is 2. The van der Waals surface area contributed by atoms with Gasteiger partial charge in [-0.2, -0.15) is 0 Å². The molecule has 0 aliphatic heterocycles. The number of furan rings is 1. The summed E-state index contributed by atoms with van der Waals surface area (Å²) in [5, 5.41) is 0. The van der Waals surface area contributed by atoms with E-state index in [1.807, 2.05) is 18.3 Å². The molecule has 1 fully saturated rings. The molecule has 3 rings (SSSR count). The zero-order valence-electron chi connectivity index (χ0n) is 11.9. The zero-order valence-corrected chi connectivity index (χ0v) is 11.9. The summed E-state index contributed by atoms with van der Waals surface area (Å²) in [5.74, 6) is 2.06. The number of nitrogens with two attached hydrogens (primary N) is 1. The Hall–Kier alpha value is -1.81. The number of anilines is 1. The summed E-state index contributed by atoms with van der Waals surface area (Å²) in [7, 11) is 0. The first kappa shape index (κ1) is 13.2. The van der Waals surface area contributed by atoms with Gasteiger partial charge in [-0.25, -0.2) is 4.98 Å². The highest BCUT2D eigenvalue weighted by molar-refractivity contribution is 5.49. The highest BCUT2D eigenvalue weighted by Gasteiger charge is 2.31. The molecule has 0 bridgehead atoms. The minimum atomic E-state index is 0.603. The van der Waals surface area contributed by atoms with Gasteiger partial charge in [0.15, 0.2) is 0 Å². The van der Waals surface area contributed by atoms with Crippen LogP contribution in [0.4, 0.5) is 5.82 Å². The summed E-state index contributed by atoms with van der Waals surface area (Å²) in [6.07, 6.45) is 7.05. The SMILES string of the molecule is Cc1cc(CCN)cnc1N(Cc1ccco1)C1CC1. The highest BCUT2D eigenvalue weighted by atomic mass is 16.3. The van der Waals surface area contributed by atoms with Gasteiger partial charge >= 0.3 is 0 Å². The van der Waals surface area contributed by atoms with Crippen molar-refractivity contribution >= 4 is 5.82 Å². The molecule has 1 aliphatic rings. The third-order valence-corrected chi connectivity index (χ3v) is 3.71. The second kappa shape index (κ2) is 5.67. The van der Waals surface area contributed by atoms with Crippen LogP contribution < -0.4 is 10.6 Å². The van der Waals surface area contributed by atoms with E-state index in [9.17, 15) is 0 Å². The molecule has 2 heterocycles. The minimum absolute atomic E-state index is 0.603. The number of pyridine rings is 1. The van der Waals surface area contributed by atoms with Crippen LogP contribution in [0.3, 0.4) is 0 Å². The molecule has 1 aliphatic carbocycles. The Morgan fingerprint density at radius 3 is 2.90 bits per heavy atom. The summed E-state index contributed by atoms with van der Waals surface area (Å²) < 4.78 is 5.48. The molecule has 4 heteroatoms. The van der Waals surface area contributed by atoms with Crippen molar-refractivity contribution in [1.29, 1.82) is 0 Å². The molecule has 0 aromatic carbocycles. The van der Waals surface area contributed by atoms with Gasteiger partial charge in [-0.05, 0) is 56.0 Å². The Balaban J connectivity index is 1.83. The maximum Gasteiger partial charge on any atom is 0.132 e. The number of hydrogen-bond acceptors (Lipinski definition) is 4. The summed E-state index contributed by atoms with van der Waals surface area (Å²) in [4.78, 5) is 7.03. The second-order valence-electron chi connectivity index (χ2n) is 5.46. The van der Waals surface area contributed by atoms with Gasteiger partial charge in [-0.15, -0.1) is 0 Å². The molecule has 2 aromatic heterocycles. The predicted octanol–water partition coefficient (Wildman–Crippen LogP) is 2.65. The highest BCUT2D eigenvalue weighted by Crippen LogP contribution is 2.33. The van der Waals surface area contributed by atoms with Crippen molar-refractivity contribution in [2.75, 3.05) is 11.4 Å². The fourth-order valence-electron chi connectivity index (χ4n) is 2.56. The Labute approximate surface area is 119 Å². The lowest BCUT2D eigenvalue weighted by Crippen LogP contribution is -2.26. The van der Waals surface area contributed by atoms with Crippen molar-refractivity contribution in [2.45, 2.75) is 38.8 Å². The van der Waals surface area contributed by atoms with Gasteiger partial charge in [0.25, 0.3) is 0 Å². The molecule has 4 nitrogen and oxygen atoms in total. The van der Waals surface area contributed by atoms with Crippen molar-refractivity contribution in [3.8, 4) is 0 Å². The number of rotatable bonds is 6. The first-order valence-electron chi connectivity index (χ1n) is 7.22. The van der Waals surface area contributed by atoms with Gasteiger partial charge in [0, 0.05) is 12.2 Å². The van der Waals surface area contributed by atoms with Crippen molar-refractivity contribution < 1.29 is 4.42 Å². The van der Waals surface area contributed by atoms with Crippen molar-refractivity contribution in [3.63, 3.8) is 0 Å². The van der Waals surface area contributed by atoms with Crippen LogP contribution in [-0.2, 0) is 13.0 Å². The first-order valence-corrected chi connectivity index (χ1v) is 7.22. The molecule has 20 heavy (non-hydrogen) atoms. The van der Waals surface area contributed by atoms with E-state index < -0.39 is 0 Å². The first-order chi connectivity index (χ1) is 9.78. The molecule has 0 spiro atoms. The normalized spacial score (nSPS) is 14.5. The van der Waals surface area contributed by atoms with Crippen LogP contribution in [0.15, 0.2) is 35.1 Å². The van der Waals surface area contributed by atoms with Gasteiger partial charge in [0.2, 0.25) is 0 Å². The molecule has 0 unspecified atom stereocenters. The maximum absolute atomic E-state index is 5.61. The summed E-state index contributed by atoms with van der Waals surface area (Å²) in [6.45, 7) is 3.58. The summed E-state index contributed by atoms with van der Waals surface area (Å²) in [6, 6.07) is 6.76. The Bertz CT molecular complexity index is 561. The Morgan fingerprint density at radius 2 is 2.30 bits per heavy atom. The van der Waals surface area contributed by atoms with Gasteiger partial charge in [-0.1, -0.05) is 6.07 Å². The van der Waals surface area contributed by atoms with Crippen LogP contribution in [0.25, 0.3) is 0 Å². The standard InChI is InChI=1S/C16H21N3O/c1-12-9-13(6-7-17)10-18-16(12)19(14-4-5-14)11-15-3-2-8-20-15/h2-3,8-10,14H,4-7,11,17H2,1H3. The molecular weight excluding hydrogens is 250 g/mol. The van der Waals surface area contributed by atoms with Crippen LogP contribution in [-0.4, -0.2) is 17.6 Å². The topological polar surface area (TPSA) is 55.3 Å². The van der Waals surface area contributed by atoms with Gasteiger partial charge < -0.3 is 15.1 Å². The predicted molar refractivity (Wildman–Crippen MR) is 79.6 cm³/mol.